The van der Waals surface area contributed by atoms with Crippen molar-refractivity contribution in [3.63, 3.8) is 0 Å². The minimum absolute atomic E-state index is 0.0298. The second kappa shape index (κ2) is 9.32. The van der Waals surface area contributed by atoms with Gasteiger partial charge < -0.3 is 14.2 Å². The van der Waals surface area contributed by atoms with E-state index in [1.54, 1.807) is 18.2 Å². The lowest BCUT2D eigenvalue weighted by atomic mass is 10.1. The summed E-state index contributed by atoms with van der Waals surface area (Å²) in [6, 6.07) is 11.5. The van der Waals surface area contributed by atoms with E-state index in [1.807, 2.05) is 57.3 Å². The highest BCUT2D eigenvalue weighted by molar-refractivity contribution is 5.76. The first-order chi connectivity index (χ1) is 14.0. The van der Waals surface area contributed by atoms with Crippen LogP contribution in [0.2, 0.25) is 0 Å². The molecule has 152 valence electrons. The van der Waals surface area contributed by atoms with Crippen molar-refractivity contribution in [3.8, 4) is 17.1 Å². The molecule has 7 heteroatoms. The molecule has 0 bridgehead atoms. The molecule has 29 heavy (non-hydrogen) atoms. The van der Waals surface area contributed by atoms with Crippen LogP contribution in [0.3, 0.4) is 0 Å². The molecule has 0 radical (unpaired) electrons. The van der Waals surface area contributed by atoms with E-state index in [1.165, 1.54) is 5.56 Å². The van der Waals surface area contributed by atoms with Gasteiger partial charge in [-0.15, -0.1) is 0 Å². The second-order valence-electron chi connectivity index (χ2n) is 7.09. The molecule has 2 heterocycles. The van der Waals surface area contributed by atoms with Gasteiger partial charge in [0.1, 0.15) is 5.75 Å². The number of rotatable bonds is 8. The van der Waals surface area contributed by atoms with Crippen molar-refractivity contribution in [1.82, 2.24) is 20.0 Å². The number of aryl methyl sites for hydroxylation is 2. The average Bonchev–Trinajstić information content (AvgIpc) is 3.20. The van der Waals surface area contributed by atoms with Gasteiger partial charge >= 0.3 is 0 Å². The molecule has 3 aromatic rings. The van der Waals surface area contributed by atoms with Crippen molar-refractivity contribution in [2.24, 2.45) is 0 Å². The molecule has 1 amide bonds. The Hall–Kier alpha value is -3.22. The summed E-state index contributed by atoms with van der Waals surface area (Å²) in [6.07, 6.45) is 3.20. The van der Waals surface area contributed by atoms with Crippen molar-refractivity contribution in [2.75, 3.05) is 14.2 Å². The summed E-state index contributed by atoms with van der Waals surface area (Å²) < 4.78 is 10.7. The van der Waals surface area contributed by atoms with Gasteiger partial charge in [-0.3, -0.25) is 9.78 Å². The topological polar surface area (TPSA) is 81.4 Å². The molecular formula is C22H26N4O3. The van der Waals surface area contributed by atoms with E-state index in [0.717, 1.165) is 11.3 Å². The van der Waals surface area contributed by atoms with Gasteiger partial charge in [0.25, 0.3) is 0 Å². The molecule has 0 aliphatic carbocycles. The van der Waals surface area contributed by atoms with Crippen LogP contribution >= 0.6 is 0 Å². The molecule has 7 nitrogen and oxygen atoms in total. The normalized spacial score (nSPS) is 11.9. The summed E-state index contributed by atoms with van der Waals surface area (Å²) in [5.74, 6) is 1.59. The SMILES string of the molecule is COc1ccccc1-c1noc(CCC(=O)N(C)[C@@H](C)Cc2cc(C)ccn2)n1. The minimum Gasteiger partial charge on any atom is -0.496 e. The van der Waals surface area contributed by atoms with E-state index in [9.17, 15) is 4.79 Å². The minimum atomic E-state index is 0.0298. The maximum absolute atomic E-state index is 12.6. The summed E-state index contributed by atoms with van der Waals surface area (Å²) in [5, 5.41) is 4.02. The molecule has 0 spiro atoms. The number of hydrogen-bond acceptors (Lipinski definition) is 6. The third-order valence-electron chi connectivity index (χ3n) is 4.90. The fourth-order valence-electron chi connectivity index (χ4n) is 3.08. The van der Waals surface area contributed by atoms with Gasteiger partial charge in [-0.2, -0.15) is 4.98 Å². The predicted octanol–water partition coefficient (Wildman–Crippen LogP) is 3.47. The first-order valence-electron chi connectivity index (χ1n) is 9.61. The van der Waals surface area contributed by atoms with Crippen molar-refractivity contribution < 1.29 is 14.1 Å². The van der Waals surface area contributed by atoms with Gasteiger partial charge in [0, 0.05) is 44.2 Å². The van der Waals surface area contributed by atoms with Crippen LogP contribution in [0.1, 0.15) is 30.5 Å². The van der Waals surface area contributed by atoms with Crippen LogP contribution in [0.25, 0.3) is 11.4 Å². The zero-order valence-electron chi connectivity index (χ0n) is 17.3. The third-order valence-corrected chi connectivity index (χ3v) is 4.90. The quantitative estimate of drug-likeness (QED) is 0.582. The Morgan fingerprint density at radius 1 is 1.28 bits per heavy atom. The van der Waals surface area contributed by atoms with Crippen LogP contribution in [0.5, 0.6) is 5.75 Å². The molecule has 3 rings (SSSR count). The van der Waals surface area contributed by atoms with Gasteiger partial charge in [0.15, 0.2) is 0 Å². The van der Waals surface area contributed by atoms with E-state index < -0.39 is 0 Å². The first-order valence-corrected chi connectivity index (χ1v) is 9.61. The first kappa shape index (κ1) is 20.5. The maximum Gasteiger partial charge on any atom is 0.227 e. The molecule has 0 saturated carbocycles. The zero-order chi connectivity index (χ0) is 20.8. The molecule has 0 unspecified atom stereocenters. The van der Waals surface area contributed by atoms with E-state index in [2.05, 4.69) is 15.1 Å². The van der Waals surface area contributed by atoms with Crippen molar-refractivity contribution >= 4 is 5.91 Å². The summed E-state index contributed by atoms with van der Waals surface area (Å²) >= 11 is 0. The number of pyridine rings is 1. The number of ether oxygens (including phenoxy) is 1. The summed E-state index contributed by atoms with van der Waals surface area (Å²) in [7, 11) is 3.42. The van der Waals surface area contributed by atoms with E-state index >= 15 is 0 Å². The number of nitrogens with zero attached hydrogens (tertiary/aromatic N) is 4. The molecule has 1 aromatic carbocycles. The number of methoxy groups -OCH3 is 1. The highest BCUT2D eigenvalue weighted by atomic mass is 16.5. The average molecular weight is 394 g/mol. The van der Waals surface area contributed by atoms with Gasteiger partial charge in [-0.05, 0) is 43.7 Å². The van der Waals surface area contributed by atoms with Crippen LogP contribution in [0, 0.1) is 6.92 Å². The highest BCUT2D eigenvalue weighted by Crippen LogP contribution is 2.27. The standard InChI is InChI=1S/C22H26N4O3/c1-15-11-12-23-17(13-15)14-16(2)26(3)21(27)10-9-20-24-22(25-29-20)18-7-5-6-8-19(18)28-4/h5-8,11-13,16H,9-10,14H2,1-4H3/t16-/m0/s1. The predicted molar refractivity (Wildman–Crippen MR) is 110 cm³/mol. The summed E-state index contributed by atoms with van der Waals surface area (Å²) in [4.78, 5) is 23.1. The van der Waals surface area contributed by atoms with Crippen LogP contribution in [-0.2, 0) is 17.6 Å². The monoisotopic (exact) mass is 394 g/mol. The number of para-hydroxylation sites is 1. The fourth-order valence-corrected chi connectivity index (χ4v) is 3.08. The molecule has 0 saturated heterocycles. The van der Waals surface area contributed by atoms with Gasteiger partial charge in [0.05, 0.1) is 12.7 Å². The second-order valence-corrected chi connectivity index (χ2v) is 7.09. The Morgan fingerprint density at radius 2 is 2.07 bits per heavy atom. The molecule has 0 aliphatic rings. The van der Waals surface area contributed by atoms with Crippen LogP contribution in [-0.4, -0.2) is 46.1 Å². The number of amides is 1. The van der Waals surface area contributed by atoms with Gasteiger partial charge in [-0.25, -0.2) is 0 Å². The van der Waals surface area contributed by atoms with Crippen molar-refractivity contribution in [1.29, 1.82) is 0 Å². The number of carbonyl (C=O) groups is 1. The van der Waals surface area contributed by atoms with Crippen LogP contribution < -0.4 is 4.74 Å². The van der Waals surface area contributed by atoms with Crippen molar-refractivity contribution in [2.45, 2.75) is 39.2 Å². The zero-order valence-corrected chi connectivity index (χ0v) is 17.3. The Balaban J connectivity index is 1.57. The molecule has 2 aromatic heterocycles. The number of hydrogen-bond donors (Lipinski definition) is 0. The Labute approximate surface area is 170 Å². The molecule has 0 fully saturated rings. The maximum atomic E-state index is 12.6. The summed E-state index contributed by atoms with van der Waals surface area (Å²) in [6.45, 7) is 4.06. The molecule has 0 N–H and O–H groups in total. The molecular weight excluding hydrogens is 368 g/mol. The number of aromatic nitrogens is 3. The Bertz CT molecular complexity index is 970. The van der Waals surface area contributed by atoms with Crippen molar-refractivity contribution in [3.05, 3.63) is 59.7 Å². The molecule has 1 atom stereocenters. The van der Waals surface area contributed by atoms with Gasteiger partial charge in [-0.1, -0.05) is 17.3 Å². The van der Waals surface area contributed by atoms with E-state index in [4.69, 9.17) is 9.26 Å². The number of likely N-dealkylation sites (N-methyl/N-ethyl adjacent to an activating group) is 1. The Kier molecular flexibility index (Phi) is 6.59. The molecule has 0 aliphatic heterocycles. The number of benzene rings is 1. The van der Waals surface area contributed by atoms with E-state index in [0.29, 0.717) is 36.7 Å². The number of carbonyl (C=O) groups excluding carboxylic acids is 1. The highest BCUT2D eigenvalue weighted by Gasteiger charge is 2.19. The lowest BCUT2D eigenvalue weighted by molar-refractivity contribution is -0.131. The lowest BCUT2D eigenvalue weighted by Gasteiger charge is -2.24. The van der Waals surface area contributed by atoms with Gasteiger partial charge in [0.2, 0.25) is 17.6 Å². The largest absolute Gasteiger partial charge is 0.496 e. The lowest BCUT2D eigenvalue weighted by Crippen LogP contribution is -2.36. The van der Waals surface area contributed by atoms with E-state index in [-0.39, 0.29) is 11.9 Å². The van der Waals surface area contributed by atoms with Crippen LogP contribution in [0.4, 0.5) is 0 Å². The summed E-state index contributed by atoms with van der Waals surface area (Å²) in [5.41, 5.74) is 2.90. The van der Waals surface area contributed by atoms with Crippen LogP contribution in [0.15, 0.2) is 47.1 Å². The fraction of sp³-hybridized carbons (Fsp3) is 0.364. The smallest absolute Gasteiger partial charge is 0.227 e. The third kappa shape index (κ3) is 5.19. The Morgan fingerprint density at radius 3 is 2.83 bits per heavy atom.